The first-order valence-electron chi connectivity index (χ1n) is 6.60. The molecule has 1 aromatic carbocycles. The van der Waals surface area contributed by atoms with Crippen molar-refractivity contribution in [2.45, 2.75) is 25.8 Å². The van der Waals surface area contributed by atoms with Crippen LogP contribution >= 0.6 is 0 Å². The van der Waals surface area contributed by atoms with E-state index in [4.69, 9.17) is 0 Å². The van der Waals surface area contributed by atoms with Gasteiger partial charge in [-0.15, -0.1) is 0 Å². The lowest BCUT2D eigenvalue weighted by Crippen LogP contribution is -2.07. The molecule has 3 nitrogen and oxygen atoms in total. The van der Waals surface area contributed by atoms with Crippen LogP contribution in [0.15, 0.2) is 24.4 Å². The highest BCUT2D eigenvalue weighted by atomic mass is 19.2. The van der Waals surface area contributed by atoms with Gasteiger partial charge in [-0.25, -0.2) is 8.78 Å². The average Bonchev–Trinajstić information content (AvgIpc) is 3.20. The van der Waals surface area contributed by atoms with Crippen LogP contribution in [0.5, 0.6) is 0 Å². The van der Waals surface area contributed by atoms with Crippen molar-refractivity contribution in [3.05, 3.63) is 41.6 Å². The van der Waals surface area contributed by atoms with E-state index in [1.807, 2.05) is 6.92 Å². The standard InChI is InChI=1S/C15H14F2N2O/c1-9(10-5-6-10)19-7-11(8-20)15(18-19)12-3-2-4-13(16)14(12)17/h2-4,7-10H,5-6H2,1H3. The van der Waals surface area contributed by atoms with Gasteiger partial charge in [-0.1, -0.05) is 6.07 Å². The molecular weight excluding hydrogens is 262 g/mol. The maximum Gasteiger partial charge on any atom is 0.168 e. The fourth-order valence-corrected chi connectivity index (χ4v) is 2.39. The molecule has 104 valence electrons. The quantitative estimate of drug-likeness (QED) is 0.799. The van der Waals surface area contributed by atoms with E-state index < -0.39 is 11.6 Å². The third-order valence-electron chi connectivity index (χ3n) is 3.82. The van der Waals surface area contributed by atoms with E-state index in [1.165, 1.54) is 12.1 Å². The molecule has 2 aromatic rings. The van der Waals surface area contributed by atoms with Crippen molar-refractivity contribution in [2.75, 3.05) is 0 Å². The Hall–Kier alpha value is -2.04. The summed E-state index contributed by atoms with van der Waals surface area (Å²) >= 11 is 0. The third-order valence-corrected chi connectivity index (χ3v) is 3.82. The fourth-order valence-electron chi connectivity index (χ4n) is 2.39. The van der Waals surface area contributed by atoms with Gasteiger partial charge < -0.3 is 0 Å². The van der Waals surface area contributed by atoms with Crippen molar-refractivity contribution >= 4 is 6.29 Å². The highest BCUT2D eigenvalue weighted by molar-refractivity contribution is 5.85. The van der Waals surface area contributed by atoms with Crippen LogP contribution in [0.1, 0.15) is 36.2 Å². The number of rotatable bonds is 4. The monoisotopic (exact) mass is 276 g/mol. The van der Waals surface area contributed by atoms with Gasteiger partial charge in [-0.05, 0) is 37.8 Å². The number of halogens is 2. The molecule has 1 unspecified atom stereocenters. The van der Waals surface area contributed by atoms with Crippen LogP contribution in [0, 0.1) is 17.6 Å². The van der Waals surface area contributed by atoms with Gasteiger partial charge in [0, 0.05) is 11.8 Å². The molecule has 1 saturated carbocycles. The Labute approximate surface area is 115 Å². The molecule has 0 aliphatic heterocycles. The summed E-state index contributed by atoms with van der Waals surface area (Å²) in [7, 11) is 0. The molecule has 1 aliphatic rings. The summed E-state index contributed by atoms with van der Waals surface area (Å²) in [5.74, 6) is -1.36. The first kappa shape index (κ1) is 13.0. The Morgan fingerprint density at radius 3 is 2.80 bits per heavy atom. The molecule has 3 rings (SSSR count). The van der Waals surface area contributed by atoms with Crippen LogP contribution in [0.4, 0.5) is 8.78 Å². The molecule has 0 N–H and O–H groups in total. The van der Waals surface area contributed by atoms with Gasteiger partial charge in [0.05, 0.1) is 11.6 Å². The van der Waals surface area contributed by atoms with Crippen molar-refractivity contribution in [1.82, 2.24) is 9.78 Å². The van der Waals surface area contributed by atoms with Crippen molar-refractivity contribution in [3.63, 3.8) is 0 Å². The minimum atomic E-state index is -0.972. The van der Waals surface area contributed by atoms with Crippen molar-refractivity contribution in [1.29, 1.82) is 0 Å². The molecule has 0 saturated heterocycles. The number of aromatic nitrogens is 2. The van der Waals surface area contributed by atoms with Gasteiger partial charge in [0.2, 0.25) is 0 Å². The maximum atomic E-state index is 13.8. The Morgan fingerprint density at radius 1 is 1.40 bits per heavy atom. The zero-order valence-electron chi connectivity index (χ0n) is 11.0. The summed E-state index contributed by atoms with van der Waals surface area (Å²) in [6.45, 7) is 2.02. The number of carbonyl (C=O) groups is 1. The average molecular weight is 276 g/mol. The molecule has 1 aromatic heterocycles. The highest BCUT2D eigenvalue weighted by Gasteiger charge is 2.30. The lowest BCUT2D eigenvalue weighted by molar-refractivity contribution is 0.112. The number of nitrogens with zero attached hydrogens (tertiary/aromatic N) is 2. The van der Waals surface area contributed by atoms with Crippen molar-refractivity contribution < 1.29 is 13.6 Å². The zero-order valence-corrected chi connectivity index (χ0v) is 11.0. The minimum Gasteiger partial charge on any atom is -0.298 e. The molecule has 0 spiro atoms. The predicted octanol–water partition coefficient (Wildman–Crippen LogP) is 3.61. The second kappa shape index (κ2) is 4.81. The van der Waals surface area contributed by atoms with E-state index in [2.05, 4.69) is 5.10 Å². The lowest BCUT2D eigenvalue weighted by Gasteiger charge is -2.10. The van der Waals surface area contributed by atoms with E-state index in [0.717, 1.165) is 18.9 Å². The van der Waals surface area contributed by atoms with Crippen LogP contribution in [0.2, 0.25) is 0 Å². The second-order valence-electron chi connectivity index (χ2n) is 5.21. The van der Waals surface area contributed by atoms with Gasteiger partial charge in [-0.2, -0.15) is 5.10 Å². The summed E-state index contributed by atoms with van der Waals surface area (Å²) in [4.78, 5) is 11.1. The Morgan fingerprint density at radius 2 is 2.15 bits per heavy atom. The number of aldehydes is 1. The molecule has 1 aliphatic carbocycles. The van der Waals surface area contributed by atoms with E-state index >= 15 is 0 Å². The van der Waals surface area contributed by atoms with E-state index in [1.54, 1.807) is 10.9 Å². The maximum absolute atomic E-state index is 13.8. The second-order valence-corrected chi connectivity index (χ2v) is 5.21. The molecule has 1 heterocycles. The molecule has 20 heavy (non-hydrogen) atoms. The van der Waals surface area contributed by atoms with Gasteiger partial charge in [0.25, 0.3) is 0 Å². The highest BCUT2D eigenvalue weighted by Crippen LogP contribution is 2.39. The smallest absolute Gasteiger partial charge is 0.168 e. The first-order valence-corrected chi connectivity index (χ1v) is 6.60. The SMILES string of the molecule is CC(C1CC1)n1cc(C=O)c(-c2cccc(F)c2F)n1. The molecule has 1 fully saturated rings. The van der Waals surface area contributed by atoms with Gasteiger partial charge >= 0.3 is 0 Å². The molecular formula is C15H14F2N2O. The molecule has 0 amide bonds. The van der Waals surface area contributed by atoms with E-state index in [9.17, 15) is 13.6 Å². The van der Waals surface area contributed by atoms with Crippen molar-refractivity contribution in [2.24, 2.45) is 5.92 Å². The summed E-state index contributed by atoms with van der Waals surface area (Å²) in [6.07, 6.45) is 4.51. The normalized spacial score (nSPS) is 16.1. The largest absolute Gasteiger partial charge is 0.298 e. The van der Waals surface area contributed by atoms with Crippen LogP contribution in [0.25, 0.3) is 11.3 Å². The number of hydrogen-bond acceptors (Lipinski definition) is 2. The van der Waals surface area contributed by atoms with E-state index in [0.29, 0.717) is 12.2 Å². The first-order chi connectivity index (χ1) is 9.61. The summed E-state index contributed by atoms with van der Waals surface area (Å²) in [5, 5.41) is 4.29. The summed E-state index contributed by atoms with van der Waals surface area (Å²) < 4.78 is 28.8. The Bertz CT molecular complexity index is 662. The summed E-state index contributed by atoms with van der Waals surface area (Å²) in [5.41, 5.74) is 0.500. The molecule has 5 heteroatoms. The summed E-state index contributed by atoms with van der Waals surface area (Å²) in [6, 6.07) is 4.05. The van der Waals surface area contributed by atoms with Crippen LogP contribution < -0.4 is 0 Å². The van der Waals surface area contributed by atoms with Crippen LogP contribution in [-0.2, 0) is 0 Å². The zero-order chi connectivity index (χ0) is 14.3. The van der Waals surface area contributed by atoms with E-state index in [-0.39, 0.29) is 22.9 Å². The fraction of sp³-hybridized carbons (Fsp3) is 0.333. The van der Waals surface area contributed by atoms with Gasteiger partial charge in [0.1, 0.15) is 5.69 Å². The predicted molar refractivity (Wildman–Crippen MR) is 70.4 cm³/mol. The van der Waals surface area contributed by atoms with Gasteiger partial charge in [-0.3, -0.25) is 9.48 Å². The number of hydrogen-bond donors (Lipinski definition) is 0. The minimum absolute atomic E-state index is 0.0221. The third kappa shape index (κ3) is 2.13. The molecule has 1 atom stereocenters. The molecule has 0 bridgehead atoms. The Balaban J connectivity index is 2.08. The lowest BCUT2D eigenvalue weighted by atomic mass is 10.1. The van der Waals surface area contributed by atoms with Crippen molar-refractivity contribution in [3.8, 4) is 11.3 Å². The van der Waals surface area contributed by atoms with Gasteiger partial charge in [0.15, 0.2) is 17.9 Å². The number of carbonyl (C=O) groups excluding carboxylic acids is 1. The topological polar surface area (TPSA) is 34.9 Å². The molecule has 0 radical (unpaired) electrons. The van der Waals surface area contributed by atoms with Crippen LogP contribution in [0.3, 0.4) is 0 Å². The Kier molecular flexibility index (Phi) is 3.12. The van der Waals surface area contributed by atoms with Crippen LogP contribution in [-0.4, -0.2) is 16.1 Å². The number of benzene rings is 1.